The number of hydrogen-bond acceptors (Lipinski definition) is 6. The van der Waals surface area contributed by atoms with Gasteiger partial charge in [0.25, 0.3) is 5.91 Å². The standard InChI is InChI=1S/C17H24N4O4/c22-10-15-13(21-16(23)11-1-2-11)4-3-12(25-15)5-6-20-17(24)14-9-18-7-8-19-14/h7-9,11-13,15,22H,1-6,10H2,(H,20,24)(H,21,23)/t12-,13-,15+/m1/s1. The molecule has 8 heteroatoms. The first-order valence-corrected chi connectivity index (χ1v) is 8.78. The Morgan fingerprint density at radius 2 is 2.08 bits per heavy atom. The highest BCUT2D eigenvalue weighted by atomic mass is 16.5. The molecule has 1 aromatic rings. The van der Waals surface area contributed by atoms with Crippen LogP contribution in [0, 0.1) is 5.92 Å². The van der Waals surface area contributed by atoms with Gasteiger partial charge in [-0.05, 0) is 32.1 Å². The van der Waals surface area contributed by atoms with Crippen LogP contribution in [-0.4, -0.2) is 58.3 Å². The van der Waals surface area contributed by atoms with Gasteiger partial charge in [-0.3, -0.25) is 14.6 Å². The van der Waals surface area contributed by atoms with Gasteiger partial charge in [0.1, 0.15) is 11.8 Å². The molecule has 1 aromatic heterocycles. The van der Waals surface area contributed by atoms with Crippen molar-refractivity contribution in [2.75, 3.05) is 13.2 Å². The normalized spacial score (nSPS) is 26.0. The number of hydrogen-bond donors (Lipinski definition) is 3. The van der Waals surface area contributed by atoms with E-state index in [1.807, 2.05) is 0 Å². The summed E-state index contributed by atoms with van der Waals surface area (Å²) in [6, 6.07) is -0.136. The molecular formula is C17H24N4O4. The minimum atomic E-state index is -0.392. The van der Waals surface area contributed by atoms with Gasteiger partial charge >= 0.3 is 0 Å². The number of rotatable bonds is 7. The fourth-order valence-corrected chi connectivity index (χ4v) is 3.01. The molecule has 1 saturated heterocycles. The molecule has 0 aromatic carbocycles. The van der Waals surface area contributed by atoms with E-state index in [9.17, 15) is 14.7 Å². The summed E-state index contributed by atoms with van der Waals surface area (Å²) in [4.78, 5) is 31.6. The number of aliphatic hydroxyl groups is 1. The maximum absolute atomic E-state index is 11.9. The quantitative estimate of drug-likeness (QED) is 0.641. The lowest BCUT2D eigenvalue weighted by Crippen LogP contribution is -2.51. The molecule has 0 bridgehead atoms. The Morgan fingerprint density at radius 1 is 1.24 bits per heavy atom. The smallest absolute Gasteiger partial charge is 0.271 e. The fraction of sp³-hybridized carbons (Fsp3) is 0.647. The maximum atomic E-state index is 11.9. The predicted molar refractivity (Wildman–Crippen MR) is 88.6 cm³/mol. The number of aliphatic hydroxyl groups excluding tert-OH is 1. The molecule has 1 aliphatic heterocycles. The van der Waals surface area contributed by atoms with Crippen molar-refractivity contribution in [2.24, 2.45) is 5.92 Å². The Kier molecular flexibility index (Phi) is 5.93. The summed E-state index contributed by atoms with van der Waals surface area (Å²) in [5.41, 5.74) is 0.281. The summed E-state index contributed by atoms with van der Waals surface area (Å²) < 4.78 is 5.89. The van der Waals surface area contributed by atoms with Gasteiger partial charge in [0.05, 0.1) is 24.9 Å². The van der Waals surface area contributed by atoms with Crippen molar-refractivity contribution in [3.05, 3.63) is 24.3 Å². The van der Waals surface area contributed by atoms with Crippen molar-refractivity contribution >= 4 is 11.8 Å². The molecule has 136 valence electrons. The molecule has 0 spiro atoms. The Bertz CT molecular complexity index is 594. The van der Waals surface area contributed by atoms with Crippen molar-refractivity contribution in [3.8, 4) is 0 Å². The van der Waals surface area contributed by atoms with E-state index in [-0.39, 0.29) is 42.2 Å². The van der Waals surface area contributed by atoms with Gasteiger partial charge < -0.3 is 20.5 Å². The SMILES string of the molecule is O=C(NCC[C@H]1CC[C@@H](NC(=O)C2CC2)[C@H](CO)O1)c1cnccn1. The molecule has 0 radical (unpaired) electrons. The van der Waals surface area contributed by atoms with Crippen LogP contribution in [0.4, 0.5) is 0 Å². The number of amides is 2. The molecule has 8 nitrogen and oxygen atoms in total. The Labute approximate surface area is 146 Å². The number of ether oxygens (including phenoxy) is 1. The van der Waals surface area contributed by atoms with E-state index in [2.05, 4.69) is 20.6 Å². The molecule has 0 unspecified atom stereocenters. The first kappa shape index (κ1) is 17.8. The molecule has 1 saturated carbocycles. The summed E-state index contributed by atoms with van der Waals surface area (Å²) in [5, 5.41) is 15.3. The molecule has 2 heterocycles. The number of carbonyl (C=O) groups excluding carboxylic acids is 2. The first-order chi connectivity index (χ1) is 12.2. The van der Waals surface area contributed by atoms with E-state index < -0.39 is 6.10 Å². The van der Waals surface area contributed by atoms with Gasteiger partial charge in [-0.2, -0.15) is 0 Å². The van der Waals surface area contributed by atoms with E-state index in [4.69, 9.17) is 4.74 Å². The summed E-state index contributed by atoms with van der Waals surface area (Å²) in [6.45, 7) is 0.329. The summed E-state index contributed by atoms with van der Waals surface area (Å²) in [6.07, 6.45) is 8.08. The second-order valence-electron chi connectivity index (χ2n) is 6.58. The Hall–Kier alpha value is -2.06. The average molecular weight is 348 g/mol. The van der Waals surface area contributed by atoms with E-state index in [1.54, 1.807) is 0 Å². The van der Waals surface area contributed by atoms with Crippen molar-refractivity contribution in [3.63, 3.8) is 0 Å². The van der Waals surface area contributed by atoms with Gasteiger partial charge in [0, 0.05) is 24.9 Å². The lowest BCUT2D eigenvalue weighted by Gasteiger charge is -2.36. The molecule has 2 amide bonds. The molecule has 3 atom stereocenters. The highest BCUT2D eigenvalue weighted by molar-refractivity contribution is 5.91. The van der Waals surface area contributed by atoms with E-state index in [0.717, 1.165) is 25.7 Å². The van der Waals surface area contributed by atoms with Gasteiger partial charge in [0.15, 0.2) is 0 Å². The molecule has 3 N–H and O–H groups in total. The highest BCUT2D eigenvalue weighted by Crippen LogP contribution is 2.30. The first-order valence-electron chi connectivity index (χ1n) is 8.78. The van der Waals surface area contributed by atoms with Crippen molar-refractivity contribution in [1.82, 2.24) is 20.6 Å². The number of aromatic nitrogens is 2. The number of nitrogens with zero attached hydrogens (tertiary/aromatic N) is 2. The Balaban J connectivity index is 1.40. The van der Waals surface area contributed by atoms with Crippen LogP contribution in [0.1, 0.15) is 42.6 Å². The van der Waals surface area contributed by atoms with Gasteiger partial charge in [-0.15, -0.1) is 0 Å². The van der Waals surface area contributed by atoms with Gasteiger partial charge in [-0.1, -0.05) is 0 Å². The van der Waals surface area contributed by atoms with Crippen molar-refractivity contribution < 1.29 is 19.4 Å². The summed E-state index contributed by atoms with van der Waals surface area (Å²) >= 11 is 0. The monoisotopic (exact) mass is 348 g/mol. The maximum Gasteiger partial charge on any atom is 0.271 e. The minimum Gasteiger partial charge on any atom is -0.394 e. The minimum absolute atomic E-state index is 0.0478. The van der Waals surface area contributed by atoms with Crippen LogP contribution >= 0.6 is 0 Å². The van der Waals surface area contributed by atoms with Gasteiger partial charge in [0.2, 0.25) is 5.91 Å². The molecule has 2 fully saturated rings. The third kappa shape index (κ3) is 4.96. The highest BCUT2D eigenvalue weighted by Gasteiger charge is 2.36. The summed E-state index contributed by atoms with van der Waals surface area (Å²) in [7, 11) is 0. The number of carbonyl (C=O) groups is 2. The van der Waals surface area contributed by atoms with E-state index in [0.29, 0.717) is 13.0 Å². The van der Waals surface area contributed by atoms with Crippen LogP contribution in [0.2, 0.25) is 0 Å². The molecule has 1 aliphatic carbocycles. The number of nitrogens with one attached hydrogen (secondary N) is 2. The Morgan fingerprint density at radius 3 is 2.76 bits per heavy atom. The third-order valence-electron chi connectivity index (χ3n) is 4.62. The van der Waals surface area contributed by atoms with Crippen LogP contribution in [0.25, 0.3) is 0 Å². The second kappa shape index (κ2) is 8.35. The summed E-state index contributed by atoms with van der Waals surface area (Å²) in [5.74, 6) is -0.0488. The zero-order valence-electron chi connectivity index (χ0n) is 14.1. The van der Waals surface area contributed by atoms with Crippen LogP contribution in [0.5, 0.6) is 0 Å². The average Bonchev–Trinajstić information content (AvgIpc) is 3.48. The third-order valence-corrected chi connectivity index (χ3v) is 4.62. The van der Waals surface area contributed by atoms with Crippen LogP contribution in [0.15, 0.2) is 18.6 Å². The zero-order valence-corrected chi connectivity index (χ0v) is 14.1. The largest absolute Gasteiger partial charge is 0.394 e. The second-order valence-corrected chi connectivity index (χ2v) is 6.58. The lowest BCUT2D eigenvalue weighted by atomic mass is 9.97. The molecule has 3 rings (SSSR count). The van der Waals surface area contributed by atoms with Crippen LogP contribution < -0.4 is 10.6 Å². The predicted octanol–water partition coefficient (Wildman–Crippen LogP) is 0.0312. The fourth-order valence-electron chi connectivity index (χ4n) is 3.01. The van der Waals surface area contributed by atoms with Crippen LogP contribution in [-0.2, 0) is 9.53 Å². The topological polar surface area (TPSA) is 113 Å². The van der Waals surface area contributed by atoms with E-state index >= 15 is 0 Å². The zero-order chi connectivity index (χ0) is 17.6. The van der Waals surface area contributed by atoms with Crippen molar-refractivity contribution in [1.29, 1.82) is 0 Å². The van der Waals surface area contributed by atoms with E-state index in [1.165, 1.54) is 18.6 Å². The van der Waals surface area contributed by atoms with Crippen LogP contribution in [0.3, 0.4) is 0 Å². The van der Waals surface area contributed by atoms with Crippen molar-refractivity contribution in [2.45, 2.75) is 50.4 Å². The molecular weight excluding hydrogens is 324 g/mol. The molecule has 25 heavy (non-hydrogen) atoms. The van der Waals surface area contributed by atoms with Gasteiger partial charge in [-0.25, -0.2) is 4.98 Å². The molecule has 2 aliphatic rings. The lowest BCUT2D eigenvalue weighted by molar-refractivity contribution is -0.129.